The first-order valence-corrected chi connectivity index (χ1v) is 5.27. The van der Waals surface area contributed by atoms with Gasteiger partial charge in [-0.05, 0) is 17.8 Å². The highest BCUT2D eigenvalue weighted by Crippen LogP contribution is 2.52. The Morgan fingerprint density at radius 3 is 2.67 bits per heavy atom. The van der Waals surface area contributed by atoms with Gasteiger partial charge in [0.2, 0.25) is 0 Å². The zero-order valence-corrected chi connectivity index (χ0v) is 9.47. The molecule has 1 N–H and O–H groups in total. The smallest absolute Gasteiger partial charge is 0.298 e. The van der Waals surface area contributed by atoms with Crippen LogP contribution in [-0.2, 0) is 6.54 Å². The Balaban J connectivity index is 2.30. The second-order valence-corrected chi connectivity index (χ2v) is 5.17. The van der Waals surface area contributed by atoms with Crippen molar-refractivity contribution in [1.29, 1.82) is 0 Å². The van der Waals surface area contributed by atoms with Crippen LogP contribution >= 0.6 is 11.6 Å². The van der Waals surface area contributed by atoms with Gasteiger partial charge in [-0.1, -0.05) is 25.4 Å². The lowest BCUT2D eigenvalue weighted by Gasteiger charge is -2.05. The normalized spacial score (nSPS) is 22.7. The van der Waals surface area contributed by atoms with E-state index in [0.29, 0.717) is 12.5 Å². The Morgan fingerprint density at radius 1 is 1.60 bits per heavy atom. The summed E-state index contributed by atoms with van der Waals surface area (Å²) >= 11 is 5.56. The Kier molecular flexibility index (Phi) is 2.26. The summed E-state index contributed by atoms with van der Waals surface area (Å²) in [6.07, 6.45) is 1.06. The van der Waals surface area contributed by atoms with Crippen LogP contribution in [0.5, 0.6) is 0 Å². The highest BCUT2D eigenvalue weighted by Gasteiger charge is 2.45. The van der Waals surface area contributed by atoms with Crippen molar-refractivity contribution >= 4 is 11.6 Å². The molecule has 1 saturated carbocycles. The fraction of sp³-hybridized carbons (Fsp3) is 0.600. The molecule has 0 bridgehead atoms. The van der Waals surface area contributed by atoms with Crippen LogP contribution < -0.4 is 11.2 Å². The number of H-pyrrole nitrogens is 1. The van der Waals surface area contributed by atoms with Crippen LogP contribution in [0.4, 0.5) is 0 Å². The molecule has 82 valence electrons. The quantitative estimate of drug-likeness (QED) is 0.775. The number of nitrogens with zero attached hydrogens (tertiary/aromatic N) is 1. The molecule has 1 aromatic rings. The first-order chi connectivity index (χ1) is 6.90. The van der Waals surface area contributed by atoms with E-state index in [-0.39, 0.29) is 16.1 Å². The zero-order valence-electron chi connectivity index (χ0n) is 8.71. The molecule has 1 atom stereocenters. The second kappa shape index (κ2) is 3.23. The van der Waals surface area contributed by atoms with Crippen molar-refractivity contribution in [3.8, 4) is 0 Å². The number of hydrogen-bond donors (Lipinski definition) is 1. The third-order valence-electron chi connectivity index (χ3n) is 3.11. The number of nitrogens with one attached hydrogen (secondary N) is 1. The fourth-order valence-electron chi connectivity index (χ4n) is 1.77. The van der Waals surface area contributed by atoms with Crippen LogP contribution in [0.3, 0.4) is 0 Å². The first kappa shape index (κ1) is 10.5. The minimum absolute atomic E-state index is 0.0938. The second-order valence-electron chi connectivity index (χ2n) is 4.76. The highest BCUT2D eigenvalue weighted by molar-refractivity contribution is 6.29. The van der Waals surface area contributed by atoms with Gasteiger partial charge < -0.3 is 0 Å². The van der Waals surface area contributed by atoms with Crippen LogP contribution in [0, 0.1) is 11.3 Å². The van der Waals surface area contributed by atoms with E-state index < -0.39 is 5.69 Å². The predicted molar refractivity (Wildman–Crippen MR) is 58.2 cm³/mol. The van der Waals surface area contributed by atoms with E-state index in [4.69, 9.17) is 11.6 Å². The zero-order chi connectivity index (χ0) is 11.2. The van der Waals surface area contributed by atoms with Crippen LogP contribution in [0.25, 0.3) is 0 Å². The molecule has 1 aliphatic rings. The number of halogens is 1. The third kappa shape index (κ3) is 2.00. The summed E-state index contributed by atoms with van der Waals surface area (Å²) in [6, 6.07) is 1.23. The number of rotatable bonds is 2. The third-order valence-corrected chi connectivity index (χ3v) is 3.31. The molecule has 0 aromatic carbocycles. The van der Waals surface area contributed by atoms with Gasteiger partial charge in [-0.2, -0.15) is 0 Å². The van der Waals surface area contributed by atoms with Gasteiger partial charge in [-0.3, -0.25) is 14.3 Å². The average Bonchev–Trinajstić information content (AvgIpc) is 2.66. The molecule has 4 nitrogen and oxygen atoms in total. The largest absolute Gasteiger partial charge is 0.329 e. The fourth-order valence-corrected chi connectivity index (χ4v) is 1.95. The Hall–Kier alpha value is -1.03. The lowest BCUT2D eigenvalue weighted by molar-refractivity contribution is 0.479. The molecule has 1 unspecified atom stereocenters. The summed E-state index contributed by atoms with van der Waals surface area (Å²) in [5.41, 5.74) is -0.493. The SMILES string of the molecule is CC1(C)CC1Cn1c(=O)cc(Cl)[nH]c1=O. The number of hydrogen-bond acceptors (Lipinski definition) is 2. The topological polar surface area (TPSA) is 54.9 Å². The van der Waals surface area contributed by atoms with Crippen LogP contribution in [0.2, 0.25) is 5.15 Å². The van der Waals surface area contributed by atoms with Crippen molar-refractivity contribution < 1.29 is 0 Å². The van der Waals surface area contributed by atoms with Gasteiger partial charge in [-0.15, -0.1) is 0 Å². The van der Waals surface area contributed by atoms with Crippen LogP contribution in [0.1, 0.15) is 20.3 Å². The monoisotopic (exact) mass is 228 g/mol. The van der Waals surface area contributed by atoms with E-state index in [9.17, 15) is 9.59 Å². The molecule has 2 rings (SSSR count). The van der Waals surface area contributed by atoms with Crippen molar-refractivity contribution in [2.24, 2.45) is 11.3 Å². The molecule has 0 saturated heterocycles. The van der Waals surface area contributed by atoms with Gasteiger partial charge in [0.15, 0.2) is 0 Å². The standard InChI is InChI=1S/C10H13ClN2O2/c1-10(2)4-6(10)5-13-8(14)3-7(11)12-9(13)15/h3,6H,4-5H2,1-2H3,(H,12,15). The van der Waals surface area contributed by atoms with E-state index in [1.165, 1.54) is 10.6 Å². The molecule has 0 spiro atoms. The van der Waals surface area contributed by atoms with Crippen molar-refractivity contribution in [3.05, 3.63) is 32.1 Å². The summed E-state index contributed by atoms with van der Waals surface area (Å²) in [4.78, 5) is 25.4. The Labute approximate surface area is 91.9 Å². The molecule has 1 aliphatic carbocycles. The minimum Gasteiger partial charge on any atom is -0.298 e. The van der Waals surface area contributed by atoms with Crippen molar-refractivity contribution in [3.63, 3.8) is 0 Å². The molecular weight excluding hydrogens is 216 g/mol. The summed E-state index contributed by atoms with van der Waals surface area (Å²) in [5, 5.41) is 0.0938. The molecule has 15 heavy (non-hydrogen) atoms. The number of aromatic nitrogens is 2. The maximum Gasteiger partial charge on any atom is 0.329 e. The van der Waals surface area contributed by atoms with E-state index in [2.05, 4.69) is 18.8 Å². The van der Waals surface area contributed by atoms with Gasteiger partial charge >= 0.3 is 5.69 Å². The van der Waals surface area contributed by atoms with Crippen LogP contribution in [-0.4, -0.2) is 9.55 Å². The van der Waals surface area contributed by atoms with E-state index in [1.54, 1.807) is 0 Å². The molecule has 1 aromatic heterocycles. The molecule has 1 fully saturated rings. The molecular formula is C10H13ClN2O2. The molecule has 1 heterocycles. The maximum absolute atomic E-state index is 11.5. The molecule has 0 radical (unpaired) electrons. The molecule has 5 heteroatoms. The van der Waals surface area contributed by atoms with Gasteiger partial charge in [0.05, 0.1) is 0 Å². The Bertz CT molecular complexity index is 470. The van der Waals surface area contributed by atoms with E-state index >= 15 is 0 Å². The van der Waals surface area contributed by atoms with E-state index in [0.717, 1.165) is 6.42 Å². The summed E-state index contributed by atoms with van der Waals surface area (Å²) in [5.74, 6) is 0.414. The maximum atomic E-state index is 11.5. The van der Waals surface area contributed by atoms with Crippen molar-refractivity contribution in [1.82, 2.24) is 9.55 Å². The average molecular weight is 229 g/mol. The number of aromatic amines is 1. The summed E-state index contributed by atoms with van der Waals surface area (Å²) in [6.45, 7) is 4.75. The summed E-state index contributed by atoms with van der Waals surface area (Å²) in [7, 11) is 0. The van der Waals surface area contributed by atoms with Crippen LogP contribution in [0.15, 0.2) is 15.7 Å². The van der Waals surface area contributed by atoms with Gasteiger partial charge in [0, 0.05) is 12.6 Å². The van der Waals surface area contributed by atoms with Gasteiger partial charge in [-0.25, -0.2) is 4.79 Å². The molecule has 0 amide bonds. The predicted octanol–water partition coefficient (Wildman–Crippen LogP) is 1.24. The molecule has 0 aliphatic heterocycles. The summed E-state index contributed by atoms with van der Waals surface area (Å²) < 4.78 is 1.21. The van der Waals surface area contributed by atoms with Gasteiger partial charge in [0.25, 0.3) is 5.56 Å². The van der Waals surface area contributed by atoms with Gasteiger partial charge in [0.1, 0.15) is 5.15 Å². The van der Waals surface area contributed by atoms with Crippen molar-refractivity contribution in [2.45, 2.75) is 26.8 Å². The van der Waals surface area contributed by atoms with E-state index in [1.807, 2.05) is 0 Å². The minimum atomic E-state index is -0.421. The van der Waals surface area contributed by atoms with Crippen molar-refractivity contribution in [2.75, 3.05) is 0 Å². The Morgan fingerprint density at radius 2 is 2.20 bits per heavy atom. The first-order valence-electron chi connectivity index (χ1n) is 4.90. The lowest BCUT2D eigenvalue weighted by atomic mass is 10.1. The lowest BCUT2D eigenvalue weighted by Crippen LogP contribution is -2.35. The highest BCUT2D eigenvalue weighted by atomic mass is 35.5.